The van der Waals surface area contributed by atoms with Crippen LogP contribution in [0, 0.1) is 11.7 Å². The standard InChI is InChI=1S/C20H27FN2O2/c21-18-6-8-19(9-7-18)25-15-14-23-13-12-22(11-10-20(23)24)16-17-4-2-1-3-5-17/h1-2,6-9,17H,3-5,10-16H2. The van der Waals surface area contributed by atoms with Gasteiger partial charge in [0.25, 0.3) is 0 Å². The lowest BCUT2D eigenvalue weighted by atomic mass is 9.94. The van der Waals surface area contributed by atoms with Gasteiger partial charge >= 0.3 is 0 Å². The van der Waals surface area contributed by atoms with Gasteiger partial charge in [0, 0.05) is 32.6 Å². The summed E-state index contributed by atoms with van der Waals surface area (Å²) in [6.45, 7) is 4.66. The Kier molecular flexibility index (Phi) is 6.45. The highest BCUT2D eigenvalue weighted by Crippen LogP contribution is 2.20. The highest BCUT2D eigenvalue weighted by atomic mass is 19.1. The van der Waals surface area contributed by atoms with Gasteiger partial charge in [0.1, 0.15) is 18.2 Å². The number of allylic oxidation sites excluding steroid dienone is 2. The number of halogens is 1. The van der Waals surface area contributed by atoms with E-state index in [1.165, 1.54) is 31.4 Å². The molecule has 1 unspecified atom stereocenters. The monoisotopic (exact) mass is 346 g/mol. The summed E-state index contributed by atoms with van der Waals surface area (Å²) < 4.78 is 18.5. The molecule has 2 aliphatic rings. The maximum atomic E-state index is 12.9. The molecule has 0 radical (unpaired) electrons. The van der Waals surface area contributed by atoms with Crippen molar-refractivity contribution in [1.82, 2.24) is 9.80 Å². The van der Waals surface area contributed by atoms with Crippen LogP contribution in [0.25, 0.3) is 0 Å². The molecular weight excluding hydrogens is 319 g/mol. The molecule has 0 saturated carbocycles. The third kappa shape index (κ3) is 5.56. The van der Waals surface area contributed by atoms with Crippen LogP contribution in [0.15, 0.2) is 36.4 Å². The fourth-order valence-corrected chi connectivity index (χ4v) is 3.52. The topological polar surface area (TPSA) is 32.8 Å². The van der Waals surface area contributed by atoms with Gasteiger partial charge in [-0.1, -0.05) is 12.2 Å². The molecule has 1 atom stereocenters. The van der Waals surface area contributed by atoms with Gasteiger partial charge in [-0.3, -0.25) is 4.79 Å². The van der Waals surface area contributed by atoms with Crippen LogP contribution in [0.2, 0.25) is 0 Å². The molecule has 1 aliphatic carbocycles. The van der Waals surface area contributed by atoms with E-state index in [0.717, 1.165) is 32.1 Å². The van der Waals surface area contributed by atoms with E-state index in [9.17, 15) is 9.18 Å². The van der Waals surface area contributed by atoms with Gasteiger partial charge in [0.2, 0.25) is 5.91 Å². The predicted molar refractivity (Wildman–Crippen MR) is 96.0 cm³/mol. The van der Waals surface area contributed by atoms with Crippen molar-refractivity contribution in [2.45, 2.75) is 25.7 Å². The molecule has 1 heterocycles. The average Bonchev–Trinajstić information content (AvgIpc) is 2.80. The lowest BCUT2D eigenvalue weighted by Gasteiger charge is -2.27. The van der Waals surface area contributed by atoms with Gasteiger partial charge < -0.3 is 14.5 Å². The predicted octanol–water partition coefficient (Wildman–Crippen LogP) is 3.10. The maximum Gasteiger partial charge on any atom is 0.224 e. The molecule has 0 bridgehead atoms. The van der Waals surface area contributed by atoms with Crippen LogP contribution in [0.5, 0.6) is 5.75 Å². The Bertz CT molecular complexity index is 588. The normalized spacial score (nSPS) is 22.0. The van der Waals surface area contributed by atoms with Crippen LogP contribution in [0.1, 0.15) is 25.7 Å². The highest BCUT2D eigenvalue weighted by molar-refractivity contribution is 5.76. The number of hydrogen-bond acceptors (Lipinski definition) is 3. The van der Waals surface area contributed by atoms with Gasteiger partial charge in [0.05, 0.1) is 6.54 Å². The number of carbonyl (C=O) groups excluding carboxylic acids is 1. The largest absolute Gasteiger partial charge is 0.492 e. The van der Waals surface area contributed by atoms with Crippen LogP contribution < -0.4 is 4.74 Å². The molecule has 5 heteroatoms. The lowest BCUT2D eigenvalue weighted by Crippen LogP contribution is -2.37. The first-order valence-electron chi connectivity index (χ1n) is 9.24. The fraction of sp³-hybridized carbons (Fsp3) is 0.550. The van der Waals surface area contributed by atoms with Crippen LogP contribution in [-0.2, 0) is 4.79 Å². The zero-order valence-corrected chi connectivity index (χ0v) is 14.7. The van der Waals surface area contributed by atoms with E-state index in [0.29, 0.717) is 25.3 Å². The Morgan fingerprint density at radius 2 is 1.96 bits per heavy atom. The van der Waals surface area contributed by atoms with E-state index < -0.39 is 0 Å². The minimum atomic E-state index is -0.274. The number of nitrogens with zero attached hydrogens (tertiary/aromatic N) is 2. The Labute approximate surface area is 149 Å². The van der Waals surface area contributed by atoms with Gasteiger partial charge in [-0.2, -0.15) is 0 Å². The number of carbonyl (C=O) groups is 1. The van der Waals surface area contributed by atoms with Crippen molar-refractivity contribution < 1.29 is 13.9 Å². The quantitative estimate of drug-likeness (QED) is 0.742. The van der Waals surface area contributed by atoms with Crippen molar-refractivity contribution in [1.29, 1.82) is 0 Å². The summed E-state index contributed by atoms with van der Waals surface area (Å²) >= 11 is 0. The molecule has 1 aromatic carbocycles. The molecule has 0 spiro atoms. The van der Waals surface area contributed by atoms with Crippen molar-refractivity contribution in [2.75, 3.05) is 39.3 Å². The van der Waals surface area contributed by atoms with Crippen LogP contribution >= 0.6 is 0 Å². The van der Waals surface area contributed by atoms with Crippen molar-refractivity contribution in [3.63, 3.8) is 0 Å². The minimum Gasteiger partial charge on any atom is -0.492 e. The molecule has 3 rings (SSSR count). The number of amides is 1. The zero-order chi connectivity index (χ0) is 17.5. The van der Waals surface area contributed by atoms with E-state index in [2.05, 4.69) is 17.1 Å². The summed E-state index contributed by atoms with van der Waals surface area (Å²) in [5.74, 6) is 1.29. The van der Waals surface area contributed by atoms with Gasteiger partial charge in [-0.15, -0.1) is 0 Å². The second-order valence-corrected chi connectivity index (χ2v) is 6.88. The highest BCUT2D eigenvalue weighted by Gasteiger charge is 2.22. The number of hydrogen-bond donors (Lipinski definition) is 0. The SMILES string of the molecule is O=C1CCN(CC2CC=CCC2)CCN1CCOc1ccc(F)cc1. The minimum absolute atomic E-state index is 0.203. The summed E-state index contributed by atoms with van der Waals surface area (Å²) in [7, 11) is 0. The van der Waals surface area contributed by atoms with E-state index in [1.54, 1.807) is 12.1 Å². The first-order valence-corrected chi connectivity index (χ1v) is 9.24. The van der Waals surface area contributed by atoms with E-state index in [1.807, 2.05) is 4.90 Å². The first-order chi connectivity index (χ1) is 12.2. The molecule has 1 fully saturated rings. The summed E-state index contributed by atoms with van der Waals surface area (Å²) in [6, 6.07) is 5.98. The summed E-state index contributed by atoms with van der Waals surface area (Å²) in [5, 5.41) is 0. The van der Waals surface area contributed by atoms with Gasteiger partial charge in [-0.05, 0) is 49.4 Å². The van der Waals surface area contributed by atoms with E-state index >= 15 is 0 Å². The lowest BCUT2D eigenvalue weighted by molar-refractivity contribution is -0.130. The molecule has 1 aliphatic heterocycles. The van der Waals surface area contributed by atoms with E-state index in [4.69, 9.17) is 4.74 Å². The van der Waals surface area contributed by atoms with Crippen molar-refractivity contribution in [2.24, 2.45) is 5.92 Å². The zero-order valence-electron chi connectivity index (χ0n) is 14.7. The van der Waals surface area contributed by atoms with Crippen molar-refractivity contribution >= 4 is 5.91 Å². The molecule has 136 valence electrons. The third-order valence-corrected chi connectivity index (χ3v) is 5.02. The molecule has 1 aromatic rings. The molecule has 4 nitrogen and oxygen atoms in total. The maximum absolute atomic E-state index is 12.9. The van der Waals surface area contributed by atoms with Gasteiger partial charge in [-0.25, -0.2) is 4.39 Å². The second kappa shape index (κ2) is 8.99. The molecule has 25 heavy (non-hydrogen) atoms. The van der Waals surface area contributed by atoms with Crippen molar-refractivity contribution in [3.8, 4) is 5.75 Å². The Hall–Kier alpha value is -1.88. The van der Waals surface area contributed by atoms with Crippen LogP contribution in [0.3, 0.4) is 0 Å². The Morgan fingerprint density at radius 3 is 2.72 bits per heavy atom. The summed E-state index contributed by atoms with van der Waals surface area (Å²) in [4.78, 5) is 16.6. The Balaban J connectivity index is 1.42. The Morgan fingerprint density at radius 1 is 1.12 bits per heavy atom. The number of rotatable bonds is 6. The fourth-order valence-electron chi connectivity index (χ4n) is 3.52. The smallest absolute Gasteiger partial charge is 0.224 e. The molecular formula is C20H27FN2O2. The summed E-state index contributed by atoms with van der Waals surface area (Å²) in [5.41, 5.74) is 0. The second-order valence-electron chi connectivity index (χ2n) is 6.88. The average molecular weight is 346 g/mol. The van der Waals surface area contributed by atoms with Gasteiger partial charge in [0.15, 0.2) is 0 Å². The third-order valence-electron chi connectivity index (χ3n) is 5.02. The molecule has 1 amide bonds. The number of ether oxygens (including phenoxy) is 1. The van der Waals surface area contributed by atoms with Crippen molar-refractivity contribution in [3.05, 3.63) is 42.2 Å². The van der Waals surface area contributed by atoms with Crippen LogP contribution in [-0.4, -0.2) is 55.0 Å². The molecule has 0 N–H and O–H groups in total. The number of benzene rings is 1. The van der Waals surface area contributed by atoms with Crippen LogP contribution in [0.4, 0.5) is 4.39 Å². The first kappa shape index (κ1) is 17.9. The summed E-state index contributed by atoms with van der Waals surface area (Å²) in [6.07, 6.45) is 8.75. The van der Waals surface area contributed by atoms with E-state index in [-0.39, 0.29) is 11.7 Å². The molecule has 0 aromatic heterocycles. The molecule has 1 saturated heterocycles.